The molecule has 0 radical (unpaired) electrons. The smallest absolute Gasteiger partial charge is 0.416 e. The van der Waals surface area contributed by atoms with Crippen LogP contribution in [0.4, 0.5) is 18.9 Å². The molecule has 23 heavy (non-hydrogen) atoms. The molecule has 1 atom stereocenters. The Kier molecular flexibility index (Phi) is 5.12. The first-order valence-electron chi connectivity index (χ1n) is 6.85. The number of anilines is 1. The third-order valence-corrected chi connectivity index (χ3v) is 2.90. The summed E-state index contributed by atoms with van der Waals surface area (Å²) in [6.07, 6.45) is -2.40. The summed E-state index contributed by atoms with van der Waals surface area (Å²) in [5.41, 5.74) is 2.18. The summed E-state index contributed by atoms with van der Waals surface area (Å²) < 4.78 is 43.0. The van der Waals surface area contributed by atoms with E-state index in [1.807, 2.05) is 0 Å². The molecule has 1 N–H and O–H groups in total. The third-order valence-electron chi connectivity index (χ3n) is 2.90. The minimum atomic E-state index is -4.42. The Bertz CT molecular complexity index is 592. The zero-order chi connectivity index (χ0) is 17.0. The van der Waals surface area contributed by atoms with Gasteiger partial charge in [-0.15, -0.1) is 5.53 Å². The molecule has 0 bridgehead atoms. The summed E-state index contributed by atoms with van der Waals surface area (Å²) in [4.78, 5) is 16.7. The molecule has 1 aliphatic heterocycles. The van der Waals surface area contributed by atoms with Crippen LogP contribution in [-0.4, -0.2) is 23.9 Å². The zero-order valence-electron chi connectivity index (χ0n) is 12.5. The van der Waals surface area contributed by atoms with Crippen LogP contribution >= 0.6 is 0 Å². The van der Waals surface area contributed by atoms with Crippen molar-refractivity contribution in [2.24, 2.45) is 0 Å². The van der Waals surface area contributed by atoms with Crippen LogP contribution in [0.25, 0.3) is 0 Å². The molecule has 0 fully saturated rings. The summed E-state index contributed by atoms with van der Waals surface area (Å²) >= 11 is 0. The number of carbonyl (C=O) groups is 1. The first-order valence-corrected chi connectivity index (χ1v) is 6.85. The summed E-state index contributed by atoms with van der Waals surface area (Å²) in [6, 6.07) is 4.79. The van der Waals surface area contributed by atoms with Crippen molar-refractivity contribution >= 4 is 11.7 Å². The number of hydrogen-bond donors (Lipinski definition) is 1. The Balaban J connectivity index is 1.98. The van der Waals surface area contributed by atoms with E-state index in [1.54, 1.807) is 6.92 Å². The highest BCUT2D eigenvalue weighted by Crippen LogP contribution is 2.31. The predicted octanol–water partition coefficient (Wildman–Crippen LogP) is 2.60. The molecule has 0 aliphatic carbocycles. The lowest BCUT2D eigenvalue weighted by molar-refractivity contribution is -0.205. The summed E-state index contributed by atoms with van der Waals surface area (Å²) in [7, 11) is 0. The number of benzene rings is 1. The maximum atomic E-state index is 12.7. The number of hydrazine groups is 2. The zero-order valence-corrected chi connectivity index (χ0v) is 12.5. The topological polar surface area (TPSA) is 54.0 Å². The molecule has 2 rings (SSSR count). The van der Waals surface area contributed by atoms with Gasteiger partial charge in [0.1, 0.15) is 0 Å². The molecule has 1 unspecified atom stereocenters. The van der Waals surface area contributed by atoms with E-state index in [0.29, 0.717) is 0 Å². The van der Waals surface area contributed by atoms with Gasteiger partial charge in [0.2, 0.25) is 0 Å². The molecular weight excluding hydrogens is 315 g/mol. The molecule has 0 spiro atoms. The van der Waals surface area contributed by atoms with E-state index < -0.39 is 23.8 Å². The van der Waals surface area contributed by atoms with Crippen LogP contribution in [0.3, 0.4) is 0 Å². The number of rotatable bonds is 5. The fourth-order valence-corrected chi connectivity index (χ4v) is 1.81. The first-order chi connectivity index (χ1) is 10.8. The van der Waals surface area contributed by atoms with Crippen molar-refractivity contribution in [2.75, 3.05) is 11.6 Å². The van der Waals surface area contributed by atoms with Crippen molar-refractivity contribution in [2.45, 2.75) is 26.1 Å². The molecule has 1 aromatic carbocycles. The van der Waals surface area contributed by atoms with Gasteiger partial charge < -0.3 is 4.74 Å². The number of halogens is 3. The molecule has 6 nitrogen and oxygen atoms in total. The fourth-order valence-electron chi connectivity index (χ4n) is 1.81. The highest BCUT2D eigenvalue weighted by atomic mass is 19.4. The van der Waals surface area contributed by atoms with Crippen LogP contribution < -0.4 is 10.5 Å². The van der Waals surface area contributed by atoms with Gasteiger partial charge in [-0.3, -0.25) is 5.01 Å². The lowest BCUT2D eigenvalue weighted by Gasteiger charge is -2.24. The monoisotopic (exact) mass is 331 g/mol. The largest absolute Gasteiger partial charge is 0.464 e. The Morgan fingerprint density at radius 1 is 1.35 bits per heavy atom. The van der Waals surface area contributed by atoms with Gasteiger partial charge in [0.25, 0.3) is 0 Å². The fraction of sp³-hybridized carbons (Fsp3) is 0.357. The van der Waals surface area contributed by atoms with Crippen LogP contribution in [0.2, 0.25) is 0 Å². The van der Waals surface area contributed by atoms with Gasteiger partial charge in [-0.25, -0.2) is 9.63 Å². The van der Waals surface area contributed by atoms with E-state index in [2.05, 4.69) is 5.53 Å². The second-order valence-corrected chi connectivity index (χ2v) is 4.64. The van der Waals surface area contributed by atoms with Crippen LogP contribution in [0.1, 0.15) is 19.4 Å². The number of alkyl halides is 3. The summed E-state index contributed by atoms with van der Waals surface area (Å²) in [5.74, 6) is -0.541. The average Bonchev–Trinajstić information content (AvgIpc) is 2.95. The van der Waals surface area contributed by atoms with Crippen molar-refractivity contribution in [1.29, 1.82) is 0 Å². The van der Waals surface area contributed by atoms with Crippen molar-refractivity contribution in [3.8, 4) is 0 Å². The van der Waals surface area contributed by atoms with Gasteiger partial charge >= 0.3 is 12.1 Å². The van der Waals surface area contributed by atoms with Gasteiger partial charge in [0, 0.05) is 6.20 Å². The number of ether oxygens (including phenoxy) is 1. The lowest BCUT2D eigenvalue weighted by atomic mass is 10.2. The van der Waals surface area contributed by atoms with Gasteiger partial charge in [0.05, 0.1) is 24.1 Å². The van der Waals surface area contributed by atoms with E-state index in [0.717, 1.165) is 17.3 Å². The normalized spacial score (nSPS) is 15.9. The highest BCUT2D eigenvalue weighted by molar-refractivity contribution is 5.74. The first kappa shape index (κ1) is 17.1. The van der Waals surface area contributed by atoms with E-state index in [9.17, 15) is 18.0 Å². The van der Waals surface area contributed by atoms with E-state index >= 15 is 0 Å². The molecule has 0 aromatic heterocycles. The molecule has 1 heterocycles. The van der Waals surface area contributed by atoms with Gasteiger partial charge in [-0.2, -0.15) is 18.3 Å². The number of nitrogens with one attached hydrogen (secondary N) is 1. The standard InChI is InChI=1S/C14H16F3N3O3/c1-3-22-13(21)10(2)23-20-8-7-19(18-20)12-6-4-5-11(9-12)14(15,16)17/h4-10,18H,3H2,1-2H3. The summed E-state index contributed by atoms with van der Waals surface area (Å²) in [6.45, 7) is 3.40. The maximum absolute atomic E-state index is 12.7. The molecule has 1 aliphatic rings. The van der Waals surface area contributed by atoms with E-state index in [-0.39, 0.29) is 12.3 Å². The molecule has 0 amide bonds. The van der Waals surface area contributed by atoms with Crippen molar-refractivity contribution in [1.82, 2.24) is 10.7 Å². The minimum absolute atomic E-state index is 0.228. The van der Waals surface area contributed by atoms with Gasteiger partial charge in [-0.05, 0) is 32.0 Å². The van der Waals surface area contributed by atoms with Crippen molar-refractivity contribution in [3.05, 3.63) is 42.2 Å². The second kappa shape index (κ2) is 6.88. The molecule has 9 heteroatoms. The van der Waals surface area contributed by atoms with Crippen LogP contribution in [0, 0.1) is 0 Å². The van der Waals surface area contributed by atoms with Crippen LogP contribution in [0.15, 0.2) is 36.7 Å². The minimum Gasteiger partial charge on any atom is -0.464 e. The van der Waals surface area contributed by atoms with Crippen molar-refractivity contribution < 1.29 is 27.5 Å². The number of esters is 1. The molecular formula is C14H16F3N3O3. The number of carbonyl (C=O) groups excluding carboxylic acids is 1. The Labute approximate surface area is 131 Å². The predicted molar refractivity (Wildman–Crippen MR) is 75.2 cm³/mol. The Morgan fingerprint density at radius 2 is 2.09 bits per heavy atom. The third kappa shape index (κ3) is 4.36. The molecule has 0 saturated carbocycles. The maximum Gasteiger partial charge on any atom is 0.416 e. The number of nitrogens with zero attached hydrogens (tertiary/aromatic N) is 2. The molecule has 1 aromatic rings. The Morgan fingerprint density at radius 3 is 2.74 bits per heavy atom. The highest BCUT2D eigenvalue weighted by Gasteiger charge is 2.31. The average molecular weight is 331 g/mol. The van der Waals surface area contributed by atoms with Crippen molar-refractivity contribution in [3.63, 3.8) is 0 Å². The van der Waals surface area contributed by atoms with E-state index in [4.69, 9.17) is 9.57 Å². The lowest BCUT2D eigenvalue weighted by Crippen LogP contribution is -2.42. The molecule has 0 saturated heterocycles. The summed E-state index contributed by atoms with van der Waals surface area (Å²) in [5, 5.41) is 2.44. The SMILES string of the molecule is CCOC(=O)C(C)ON1C=CN(c2cccc(C(F)(F)F)c2)N1. The van der Waals surface area contributed by atoms with E-state index in [1.165, 1.54) is 36.5 Å². The van der Waals surface area contributed by atoms with Crippen LogP contribution in [-0.2, 0) is 20.5 Å². The Hall–Kier alpha value is -2.26. The van der Waals surface area contributed by atoms with Gasteiger partial charge in [0.15, 0.2) is 6.10 Å². The number of hydroxylamine groups is 1. The van der Waals surface area contributed by atoms with Crippen LogP contribution in [0.5, 0.6) is 0 Å². The molecule has 126 valence electrons. The number of hydrogen-bond acceptors (Lipinski definition) is 6. The second-order valence-electron chi connectivity index (χ2n) is 4.64. The quantitative estimate of drug-likeness (QED) is 0.837. The van der Waals surface area contributed by atoms with Gasteiger partial charge in [-0.1, -0.05) is 6.07 Å².